The summed E-state index contributed by atoms with van der Waals surface area (Å²) in [5.74, 6) is -1.05. The molecular weight excluding hydrogens is 385 g/mol. The topological polar surface area (TPSA) is 89.3 Å². The maximum absolute atomic E-state index is 12.9. The van der Waals surface area contributed by atoms with Gasteiger partial charge in [0.1, 0.15) is 5.25 Å². The van der Waals surface area contributed by atoms with Crippen LogP contribution in [-0.2, 0) is 20.8 Å². The predicted octanol–water partition coefficient (Wildman–Crippen LogP) is 3.46. The van der Waals surface area contributed by atoms with Crippen molar-refractivity contribution in [2.24, 2.45) is 0 Å². The van der Waals surface area contributed by atoms with E-state index < -0.39 is 42.7 Å². The number of nitrogens with zero attached hydrogens (tertiary/aromatic N) is 1. The molecule has 0 aliphatic rings. The molecule has 0 bridgehead atoms. The summed E-state index contributed by atoms with van der Waals surface area (Å²) in [5, 5.41) is 3.41. The standard InChI is InChI=1S/C14H12ClF3N2O4S/c1-7-5-12(24-20-7)19-13(21)8(2)25(22,23)9-3-4-11(15)10(6-9)14(16,17)18/h3-6,8H,1-2H3,(H,19,21)/t8-/m0/s1. The minimum absolute atomic E-state index is 0.0726. The highest BCUT2D eigenvalue weighted by molar-refractivity contribution is 7.92. The molecule has 0 aliphatic carbocycles. The molecule has 25 heavy (non-hydrogen) atoms. The highest BCUT2D eigenvalue weighted by Gasteiger charge is 2.36. The fraction of sp³-hybridized carbons (Fsp3) is 0.286. The van der Waals surface area contributed by atoms with Gasteiger partial charge in [-0.1, -0.05) is 16.8 Å². The van der Waals surface area contributed by atoms with Gasteiger partial charge in [-0.15, -0.1) is 0 Å². The van der Waals surface area contributed by atoms with Crippen LogP contribution in [0, 0.1) is 6.92 Å². The number of hydrogen-bond acceptors (Lipinski definition) is 5. The first-order valence-electron chi connectivity index (χ1n) is 6.77. The zero-order chi connectivity index (χ0) is 19.0. The van der Waals surface area contributed by atoms with E-state index in [-0.39, 0.29) is 5.88 Å². The Morgan fingerprint density at radius 2 is 1.96 bits per heavy atom. The van der Waals surface area contributed by atoms with Crippen LogP contribution in [0.3, 0.4) is 0 Å². The highest BCUT2D eigenvalue weighted by atomic mass is 35.5. The third kappa shape index (κ3) is 4.13. The molecule has 1 amide bonds. The molecule has 1 heterocycles. The number of amides is 1. The van der Waals surface area contributed by atoms with Crippen molar-refractivity contribution in [3.8, 4) is 0 Å². The molecule has 1 atom stereocenters. The monoisotopic (exact) mass is 396 g/mol. The third-order valence-electron chi connectivity index (χ3n) is 3.28. The Hall–Kier alpha value is -2.07. The number of rotatable bonds is 4. The second kappa shape index (κ2) is 6.68. The molecule has 0 fully saturated rings. The van der Waals surface area contributed by atoms with Crippen molar-refractivity contribution in [2.75, 3.05) is 5.32 Å². The lowest BCUT2D eigenvalue weighted by Gasteiger charge is -2.14. The number of aromatic nitrogens is 1. The molecule has 1 N–H and O–H groups in total. The van der Waals surface area contributed by atoms with Crippen LogP contribution in [0.2, 0.25) is 5.02 Å². The van der Waals surface area contributed by atoms with Crippen molar-refractivity contribution in [1.82, 2.24) is 5.16 Å². The van der Waals surface area contributed by atoms with E-state index in [1.54, 1.807) is 6.92 Å². The van der Waals surface area contributed by atoms with Crippen LogP contribution in [0.5, 0.6) is 0 Å². The number of sulfone groups is 1. The second-order valence-electron chi connectivity index (χ2n) is 5.15. The number of aryl methyl sites for hydroxylation is 1. The van der Waals surface area contributed by atoms with Crippen LogP contribution in [-0.4, -0.2) is 24.7 Å². The minimum atomic E-state index is -4.83. The average Bonchev–Trinajstić information content (AvgIpc) is 2.90. The van der Waals surface area contributed by atoms with Crippen LogP contribution in [0.25, 0.3) is 0 Å². The Kier molecular flexibility index (Phi) is 5.14. The first-order valence-corrected chi connectivity index (χ1v) is 8.70. The van der Waals surface area contributed by atoms with Gasteiger partial charge in [0, 0.05) is 6.07 Å². The Bertz CT molecular complexity index is 909. The molecule has 6 nitrogen and oxygen atoms in total. The first kappa shape index (κ1) is 19.3. The number of benzene rings is 1. The van der Waals surface area contributed by atoms with E-state index in [1.165, 1.54) is 6.07 Å². The van der Waals surface area contributed by atoms with Crippen LogP contribution in [0.4, 0.5) is 19.1 Å². The van der Waals surface area contributed by atoms with Gasteiger partial charge in [0.2, 0.25) is 11.8 Å². The van der Waals surface area contributed by atoms with E-state index in [2.05, 4.69) is 10.5 Å². The van der Waals surface area contributed by atoms with Crippen LogP contribution >= 0.6 is 11.6 Å². The Morgan fingerprint density at radius 3 is 2.48 bits per heavy atom. The number of anilines is 1. The molecular formula is C14H12ClF3N2O4S. The molecule has 0 aliphatic heterocycles. The first-order chi connectivity index (χ1) is 11.4. The van der Waals surface area contributed by atoms with Gasteiger partial charge >= 0.3 is 6.18 Å². The quantitative estimate of drug-likeness (QED) is 0.854. The highest BCUT2D eigenvalue weighted by Crippen LogP contribution is 2.36. The van der Waals surface area contributed by atoms with E-state index in [0.29, 0.717) is 11.8 Å². The minimum Gasteiger partial charge on any atom is -0.338 e. The number of carbonyl (C=O) groups excluding carboxylic acids is 1. The van der Waals surface area contributed by atoms with Crippen LogP contribution in [0.1, 0.15) is 18.2 Å². The lowest BCUT2D eigenvalue weighted by molar-refractivity contribution is -0.137. The summed E-state index contributed by atoms with van der Waals surface area (Å²) in [6, 6.07) is 3.50. The van der Waals surface area contributed by atoms with Gasteiger partial charge < -0.3 is 4.52 Å². The summed E-state index contributed by atoms with van der Waals surface area (Å²) in [5.41, 5.74) is -0.841. The number of hydrogen-bond donors (Lipinski definition) is 1. The number of halogens is 4. The van der Waals surface area contributed by atoms with Gasteiger partial charge in [-0.2, -0.15) is 13.2 Å². The number of carbonyl (C=O) groups is 1. The molecule has 1 aromatic heterocycles. The number of nitrogens with one attached hydrogen (secondary N) is 1. The SMILES string of the molecule is Cc1cc(NC(=O)[C@H](C)S(=O)(=O)c2ccc(Cl)c(C(F)(F)F)c2)on1. The number of alkyl halides is 3. The van der Waals surface area contributed by atoms with Crippen molar-refractivity contribution < 1.29 is 30.9 Å². The summed E-state index contributed by atoms with van der Waals surface area (Å²) < 4.78 is 68.3. The van der Waals surface area contributed by atoms with Crippen molar-refractivity contribution in [1.29, 1.82) is 0 Å². The largest absolute Gasteiger partial charge is 0.417 e. The van der Waals surface area contributed by atoms with E-state index in [1.807, 2.05) is 0 Å². The van der Waals surface area contributed by atoms with Crippen LogP contribution < -0.4 is 5.32 Å². The van der Waals surface area contributed by atoms with Gasteiger partial charge in [-0.05, 0) is 32.0 Å². The summed E-state index contributed by atoms with van der Waals surface area (Å²) in [6.45, 7) is 2.64. The van der Waals surface area contributed by atoms with Crippen molar-refractivity contribution in [3.63, 3.8) is 0 Å². The van der Waals surface area contributed by atoms with E-state index in [4.69, 9.17) is 16.1 Å². The molecule has 2 rings (SSSR count). The molecule has 0 saturated carbocycles. The summed E-state index contributed by atoms with van der Waals surface area (Å²) in [7, 11) is -4.38. The zero-order valence-electron chi connectivity index (χ0n) is 12.9. The fourth-order valence-electron chi connectivity index (χ4n) is 1.89. The average molecular weight is 397 g/mol. The van der Waals surface area contributed by atoms with Gasteiger partial charge in [0.15, 0.2) is 9.84 Å². The maximum Gasteiger partial charge on any atom is 0.417 e. The van der Waals surface area contributed by atoms with Gasteiger partial charge in [0.25, 0.3) is 0 Å². The van der Waals surface area contributed by atoms with E-state index >= 15 is 0 Å². The predicted molar refractivity (Wildman–Crippen MR) is 83.0 cm³/mol. The molecule has 0 spiro atoms. The summed E-state index contributed by atoms with van der Waals surface area (Å²) in [6.07, 6.45) is -4.83. The lowest BCUT2D eigenvalue weighted by Crippen LogP contribution is -2.32. The molecule has 1 aromatic carbocycles. The molecule has 0 unspecified atom stereocenters. The third-order valence-corrected chi connectivity index (χ3v) is 5.67. The molecule has 0 saturated heterocycles. The van der Waals surface area contributed by atoms with E-state index in [9.17, 15) is 26.4 Å². The van der Waals surface area contributed by atoms with Gasteiger partial charge in [-0.25, -0.2) is 8.42 Å². The van der Waals surface area contributed by atoms with Crippen molar-refractivity contribution >= 4 is 33.2 Å². The Balaban J connectivity index is 2.32. The van der Waals surface area contributed by atoms with Crippen LogP contribution in [0.15, 0.2) is 33.7 Å². The Morgan fingerprint density at radius 1 is 1.32 bits per heavy atom. The maximum atomic E-state index is 12.9. The van der Waals surface area contributed by atoms with E-state index in [0.717, 1.165) is 19.1 Å². The molecule has 136 valence electrons. The smallest absolute Gasteiger partial charge is 0.338 e. The van der Waals surface area contributed by atoms with Crippen molar-refractivity contribution in [3.05, 3.63) is 40.5 Å². The van der Waals surface area contributed by atoms with Gasteiger partial charge in [-0.3, -0.25) is 10.1 Å². The molecule has 2 aromatic rings. The lowest BCUT2D eigenvalue weighted by atomic mass is 10.2. The summed E-state index contributed by atoms with van der Waals surface area (Å²) >= 11 is 5.47. The van der Waals surface area contributed by atoms with Gasteiger partial charge in [0.05, 0.1) is 21.2 Å². The second-order valence-corrected chi connectivity index (χ2v) is 7.82. The normalized spacial score (nSPS) is 13.5. The zero-order valence-corrected chi connectivity index (χ0v) is 14.5. The van der Waals surface area contributed by atoms with Crippen molar-refractivity contribution in [2.45, 2.75) is 30.2 Å². The molecule has 0 radical (unpaired) electrons. The fourth-order valence-corrected chi connectivity index (χ4v) is 3.40. The Labute approximate surface area is 145 Å². The summed E-state index contributed by atoms with van der Waals surface area (Å²) in [4.78, 5) is 11.4. The molecule has 11 heteroatoms.